The van der Waals surface area contributed by atoms with Gasteiger partial charge in [0.1, 0.15) is 0 Å². The van der Waals surface area contributed by atoms with Crippen LogP contribution in [0.1, 0.15) is 25.5 Å². The van der Waals surface area contributed by atoms with Gasteiger partial charge in [0.2, 0.25) is 10.0 Å². The van der Waals surface area contributed by atoms with Crippen molar-refractivity contribution in [3.8, 4) is 0 Å². The predicted molar refractivity (Wildman–Crippen MR) is 83.5 cm³/mol. The second-order valence-corrected chi connectivity index (χ2v) is 6.53. The van der Waals surface area contributed by atoms with Crippen molar-refractivity contribution < 1.29 is 13.2 Å². The quantitative estimate of drug-likeness (QED) is 0.567. The number of rotatable bonds is 8. The molecule has 5 N–H and O–H groups in total. The smallest absolute Gasteiger partial charge is 0.316 e. The molecule has 0 aliphatic heterocycles. The summed E-state index contributed by atoms with van der Waals surface area (Å²) < 4.78 is 25.4. The fourth-order valence-corrected chi connectivity index (χ4v) is 2.79. The van der Waals surface area contributed by atoms with Crippen LogP contribution in [-0.4, -0.2) is 33.3 Å². The Morgan fingerprint density at radius 1 is 1.29 bits per heavy atom. The molecule has 8 heteroatoms. The molecule has 1 unspecified atom stereocenters. The molecule has 1 aromatic rings. The van der Waals surface area contributed by atoms with Gasteiger partial charge in [-0.05, 0) is 24.6 Å². The van der Waals surface area contributed by atoms with Gasteiger partial charge in [-0.2, -0.15) is 0 Å². The maximum absolute atomic E-state index is 11.5. The summed E-state index contributed by atoms with van der Waals surface area (Å²) >= 11 is 0. The van der Waals surface area contributed by atoms with Crippen molar-refractivity contribution in [3.63, 3.8) is 0 Å². The Hall–Kier alpha value is -1.64. The Kier molecular flexibility index (Phi) is 6.60. The highest BCUT2D eigenvalue weighted by Gasteiger charge is 2.10. The highest BCUT2D eigenvalue weighted by molar-refractivity contribution is 7.89. The van der Waals surface area contributed by atoms with E-state index in [0.29, 0.717) is 18.8 Å². The molecule has 0 bridgehead atoms. The van der Waals surface area contributed by atoms with Crippen LogP contribution in [0.2, 0.25) is 0 Å². The molecule has 0 spiro atoms. The maximum atomic E-state index is 11.5. The van der Waals surface area contributed by atoms with E-state index in [4.69, 9.17) is 5.73 Å². The van der Waals surface area contributed by atoms with E-state index in [1.54, 1.807) is 19.1 Å². The first-order valence-electron chi connectivity index (χ1n) is 6.71. The molecule has 2 amide bonds. The van der Waals surface area contributed by atoms with Gasteiger partial charge in [-0.15, -0.1) is 0 Å². The van der Waals surface area contributed by atoms with Crippen LogP contribution in [0.4, 0.5) is 10.5 Å². The van der Waals surface area contributed by atoms with E-state index >= 15 is 0 Å². The number of carbonyl (C=O) groups excluding carboxylic acids is 1. The summed E-state index contributed by atoms with van der Waals surface area (Å²) in [5.41, 5.74) is 6.64. The van der Waals surface area contributed by atoms with Gasteiger partial charge in [0.25, 0.3) is 0 Å². The highest BCUT2D eigenvalue weighted by Crippen LogP contribution is 2.15. The molecule has 0 aliphatic rings. The van der Waals surface area contributed by atoms with Crippen molar-refractivity contribution in [3.05, 3.63) is 29.8 Å². The van der Waals surface area contributed by atoms with Gasteiger partial charge in [0, 0.05) is 24.8 Å². The number of hydrogen-bond donors (Lipinski definition) is 4. The van der Waals surface area contributed by atoms with Gasteiger partial charge < -0.3 is 16.4 Å². The van der Waals surface area contributed by atoms with Crippen LogP contribution in [0.3, 0.4) is 0 Å². The number of hydrogen-bond acceptors (Lipinski definition) is 4. The molecule has 0 aromatic heterocycles. The van der Waals surface area contributed by atoms with Gasteiger partial charge in [-0.25, -0.2) is 17.9 Å². The van der Waals surface area contributed by atoms with Crippen molar-refractivity contribution >= 4 is 21.7 Å². The third-order valence-corrected chi connectivity index (χ3v) is 4.33. The first kappa shape index (κ1) is 17.4. The molecular formula is C13H22N4O3S. The Labute approximate surface area is 125 Å². The fraction of sp³-hybridized carbons (Fsp3) is 0.462. The van der Waals surface area contributed by atoms with Gasteiger partial charge >= 0.3 is 6.03 Å². The summed E-state index contributed by atoms with van der Waals surface area (Å²) in [6.45, 7) is 4.44. The largest absolute Gasteiger partial charge is 0.351 e. The molecule has 21 heavy (non-hydrogen) atoms. The van der Waals surface area contributed by atoms with E-state index in [1.165, 1.54) is 0 Å². The van der Waals surface area contributed by atoms with Crippen LogP contribution in [0, 0.1) is 0 Å². The molecule has 7 nitrogen and oxygen atoms in total. The molecular weight excluding hydrogens is 292 g/mol. The van der Waals surface area contributed by atoms with E-state index in [1.807, 2.05) is 19.1 Å². The zero-order chi connectivity index (χ0) is 15.9. The zero-order valence-corrected chi connectivity index (χ0v) is 13.0. The monoisotopic (exact) mass is 314 g/mol. The number of amides is 2. The number of nitrogens with one attached hydrogen (secondary N) is 3. The molecule has 0 saturated heterocycles. The maximum Gasteiger partial charge on any atom is 0.316 e. The average molecular weight is 314 g/mol. The standard InChI is InChI=1S/C13H22N4O3S/c1-3-16-21(19,20)9-8-15-10(2)11-4-6-12(7-5-11)17-13(14)18/h4-7,10,15-16H,3,8-9H2,1-2H3,(H3,14,17,18). The molecule has 0 saturated carbocycles. The first-order chi connectivity index (χ1) is 9.84. The molecule has 0 radical (unpaired) electrons. The first-order valence-corrected chi connectivity index (χ1v) is 8.36. The molecule has 1 rings (SSSR count). The molecule has 1 aromatic carbocycles. The van der Waals surface area contributed by atoms with Crippen LogP contribution in [-0.2, 0) is 10.0 Å². The minimum atomic E-state index is -3.20. The fourth-order valence-electron chi connectivity index (χ4n) is 1.82. The summed E-state index contributed by atoms with van der Waals surface area (Å²) in [5, 5.41) is 5.62. The third-order valence-electron chi connectivity index (χ3n) is 2.86. The summed E-state index contributed by atoms with van der Waals surface area (Å²) in [6, 6.07) is 6.58. The zero-order valence-electron chi connectivity index (χ0n) is 12.2. The summed E-state index contributed by atoms with van der Waals surface area (Å²) in [4.78, 5) is 10.7. The summed E-state index contributed by atoms with van der Waals surface area (Å²) in [7, 11) is -3.20. The minimum absolute atomic E-state index is 0.00412. The topological polar surface area (TPSA) is 113 Å². The van der Waals surface area contributed by atoms with Gasteiger partial charge in [0.05, 0.1) is 5.75 Å². The van der Waals surface area contributed by atoms with Gasteiger partial charge in [-0.1, -0.05) is 19.1 Å². The Balaban J connectivity index is 2.48. The number of urea groups is 1. The minimum Gasteiger partial charge on any atom is -0.351 e. The SMILES string of the molecule is CCNS(=O)(=O)CCNC(C)c1ccc(NC(N)=O)cc1. The third kappa shape index (κ3) is 6.56. The number of carbonyl (C=O) groups is 1. The Morgan fingerprint density at radius 3 is 2.43 bits per heavy atom. The van der Waals surface area contributed by atoms with E-state index in [-0.39, 0.29) is 11.8 Å². The van der Waals surface area contributed by atoms with E-state index in [0.717, 1.165) is 5.56 Å². The van der Waals surface area contributed by atoms with Crippen LogP contribution < -0.4 is 21.1 Å². The van der Waals surface area contributed by atoms with E-state index < -0.39 is 16.1 Å². The van der Waals surface area contributed by atoms with Crippen LogP contribution in [0.25, 0.3) is 0 Å². The molecule has 1 atom stereocenters. The van der Waals surface area contributed by atoms with Crippen LogP contribution in [0.5, 0.6) is 0 Å². The lowest BCUT2D eigenvalue weighted by Crippen LogP contribution is -2.32. The lowest BCUT2D eigenvalue weighted by Gasteiger charge is -2.15. The van der Waals surface area contributed by atoms with Crippen molar-refractivity contribution in [1.82, 2.24) is 10.0 Å². The van der Waals surface area contributed by atoms with Crippen molar-refractivity contribution in [1.29, 1.82) is 0 Å². The summed E-state index contributed by atoms with van der Waals surface area (Å²) in [6.07, 6.45) is 0. The van der Waals surface area contributed by atoms with Crippen LogP contribution in [0.15, 0.2) is 24.3 Å². The van der Waals surface area contributed by atoms with Gasteiger partial charge in [-0.3, -0.25) is 0 Å². The van der Waals surface area contributed by atoms with E-state index in [9.17, 15) is 13.2 Å². The molecule has 118 valence electrons. The number of benzene rings is 1. The van der Waals surface area contributed by atoms with Crippen molar-refractivity contribution in [2.24, 2.45) is 5.73 Å². The average Bonchev–Trinajstić information content (AvgIpc) is 2.38. The Bertz CT molecular complexity index is 557. The second kappa shape index (κ2) is 7.96. The lowest BCUT2D eigenvalue weighted by molar-refractivity contribution is 0.259. The number of anilines is 1. The van der Waals surface area contributed by atoms with Crippen molar-refractivity contribution in [2.45, 2.75) is 19.9 Å². The molecule has 0 heterocycles. The molecule has 0 aliphatic carbocycles. The number of primary amides is 1. The van der Waals surface area contributed by atoms with Crippen molar-refractivity contribution in [2.75, 3.05) is 24.2 Å². The number of sulfonamides is 1. The van der Waals surface area contributed by atoms with Gasteiger partial charge in [0.15, 0.2) is 0 Å². The summed E-state index contributed by atoms with van der Waals surface area (Å²) in [5.74, 6) is 0.0342. The predicted octanol–water partition coefficient (Wildman–Crippen LogP) is 0.767. The van der Waals surface area contributed by atoms with Crippen LogP contribution >= 0.6 is 0 Å². The second-order valence-electron chi connectivity index (χ2n) is 4.60. The normalized spacial score (nSPS) is 12.9. The lowest BCUT2D eigenvalue weighted by atomic mass is 10.1. The highest BCUT2D eigenvalue weighted by atomic mass is 32.2. The Morgan fingerprint density at radius 2 is 1.90 bits per heavy atom. The number of nitrogens with two attached hydrogens (primary N) is 1. The molecule has 0 fully saturated rings. The van der Waals surface area contributed by atoms with E-state index in [2.05, 4.69) is 15.4 Å².